The van der Waals surface area contributed by atoms with E-state index in [0.717, 1.165) is 44.0 Å². The van der Waals surface area contributed by atoms with Crippen LogP contribution in [0.1, 0.15) is 21.6 Å². The van der Waals surface area contributed by atoms with Crippen molar-refractivity contribution in [2.24, 2.45) is 0 Å². The first-order valence-electron chi connectivity index (χ1n) is 11.5. The number of carbonyl (C=O) groups is 1. The topological polar surface area (TPSA) is 61.8 Å². The van der Waals surface area contributed by atoms with E-state index in [-0.39, 0.29) is 29.1 Å². The van der Waals surface area contributed by atoms with Crippen LogP contribution in [0, 0.1) is 11.6 Å². The van der Waals surface area contributed by atoms with Gasteiger partial charge < -0.3 is 19.4 Å². The van der Waals surface area contributed by atoms with Gasteiger partial charge in [-0.1, -0.05) is 23.2 Å². The Balaban J connectivity index is 1.49. The van der Waals surface area contributed by atoms with Crippen LogP contribution in [0.5, 0.6) is 11.6 Å². The lowest BCUT2D eigenvalue weighted by molar-refractivity contribution is 0.0732. The third-order valence-electron chi connectivity index (χ3n) is 6.35. The maximum absolute atomic E-state index is 14.5. The summed E-state index contributed by atoms with van der Waals surface area (Å²) in [4.78, 5) is 28.5. The third kappa shape index (κ3) is 5.09. The lowest BCUT2D eigenvalue weighted by Gasteiger charge is -2.34. The molecule has 0 atom stereocenters. The first-order chi connectivity index (χ1) is 17.3. The number of halogens is 4. The number of amides is 1. The van der Waals surface area contributed by atoms with Gasteiger partial charge in [-0.2, -0.15) is 4.98 Å². The molecule has 1 fully saturated rings. The lowest BCUT2D eigenvalue weighted by atomic mass is 10.0. The normalized spacial score (nSPS) is 16.1. The van der Waals surface area contributed by atoms with Crippen LogP contribution in [0.4, 0.5) is 14.7 Å². The number of likely N-dealkylation sites (N-methyl/N-ethyl adjacent to an activating group) is 1. The summed E-state index contributed by atoms with van der Waals surface area (Å²) < 4.78 is 33.8. The van der Waals surface area contributed by atoms with Gasteiger partial charge in [0.1, 0.15) is 5.82 Å². The van der Waals surface area contributed by atoms with Gasteiger partial charge in [-0.05, 0) is 37.4 Å². The molecule has 1 amide bonds. The van der Waals surface area contributed by atoms with E-state index in [2.05, 4.69) is 21.8 Å². The number of hydrogen-bond donors (Lipinski definition) is 0. The molecule has 0 radical (unpaired) electrons. The van der Waals surface area contributed by atoms with Gasteiger partial charge in [0.2, 0.25) is 11.8 Å². The van der Waals surface area contributed by atoms with Gasteiger partial charge in [0, 0.05) is 50.8 Å². The van der Waals surface area contributed by atoms with Gasteiger partial charge in [0.05, 0.1) is 27.8 Å². The number of nitrogens with zero attached hydrogens (tertiary/aromatic N) is 5. The Bertz CT molecular complexity index is 1320. The fraction of sp³-hybridized carbons (Fsp3) is 0.320. The van der Waals surface area contributed by atoms with Crippen molar-refractivity contribution >= 4 is 35.1 Å². The molecule has 1 saturated heterocycles. The van der Waals surface area contributed by atoms with Crippen molar-refractivity contribution in [3.05, 3.63) is 74.9 Å². The number of aromatic nitrogens is 2. The average molecular weight is 534 g/mol. The summed E-state index contributed by atoms with van der Waals surface area (Å²) in [6, 6.07) is 7.81. The zero-order valence-corrected chi connectivity index (χ0v) is 21.0. The van der Waals surface area contributed by atoms with Crippen LogP contribution in [0.2, 0.25) is 10.0 Å². The molecule has 0 N–H and O–H groups in total. The minimum Gasteiger partial charge on any atom is -0.435 e. The molecule has 7 nitrogen and oxygen atoms in total. The van der Waals surface area contributed by atoms with Crippen LogP contribution in [-0.4, -0.2) is 65.4 Å². The highest BCUT2D eigenvalue weighted by molar-refractivity contribution is 6.42. The molecule has 0 unspecified atom stereocenters. The summed E-state index contributed by atoms with van der Waals surface area (Å²) in [6.07, 6.45) is 0.466. The van der Waals surface area contributed by atoms with Gasteiger partial charge in [0.25, 0.3) is 5.91 Å². The van der Waals surface area contributed by atoms with E-state index < -0.39 is 11.6 Å². The Morgan fingerprint density at radius 2 is 1.75 bits per heavy atom. The number of anilines is 1. The molecule has 3 heterocycles. The number of carbonyl (C=O) groups excluding carboxylic acids is 1. The van der Waals surface area contributed by atoms with Crippen molar-refractivity contribution in [3.8, 4) is 11.6 Å². The Morgan fingerprint density at radius 1 is 0.972 bits per heavy atom. The van der Waals surface area contributed by atoms with E-state index >= 15 is 0 Å². The third-order valence-corrected chi connectivity index (χ3v) is 7.09. The largest absolute Gasteiger partial charge is 0.435 e. The van der Waals surface area contributed by atoms with Crippen LogP contribution in [0.25, 0.3) is 0 Å². The number of rotatable bonds is 4. The fourth-order valence-electron chi connectivity index (χ4n) is 4.25. The molecule has 11 heteroatoms. The van der Waals surface area contributed by atoms with Gasteiger partial charge in [0.15, 0.2) is 11.6 Å². The Kier molecular flexibility index (Phi) is 6.96. The quantitative estimate of drug-likeness (QED) is 0.479. The predicted octanol–water partition coefficient (Wildman–Crippen LogP) is 4.80. The van der Waals surface area contributed by atoms with E-state index in [1.54, 1.807) is 17.0 Å². The van der Waals surface area contributed by atoms with Gasteiger partial charge in [-0.15, -0.1) is 0 Å². The van der Waals surface area contributed by atoms with Crippen LogP contribution in [0.15, 0.2) is 36.4 Å². The number of piperazine rings is 1. The molecule has 2 aromatic carbocycles. The summed E-state index contributed by atoms with van der Waals surface area (Å²) in [5.74, 6) is -1.31. The Morgan fingerprint density at radius 3 is 2.47 bits per heavy atom. The molecular weight excluding hydrogens is 511 g/mol. The SMILES string of the molecule is CN1CCN(c2nc3c(c(Oc4ccc(F)cc4F)n2)CN(C(=O)c2ccc(Cl)c(Cl)c2)CC3)CC1. The highest BCUT2D eigenvalue weighted by atomic mass is 35.5. The monoisotopic (exact) mass is 533 g/mol. The van der Waals surface area contributed by atoms with Crippen molar-refractivity contribution in [2.75, 3.05) is 44.7 Å². The first kappa shape index (κ1) is 24.7. The van der Waals surface area contributed by atoms with Crippen molar-refractivity contribution < 1.29 is 18.3 Å². The first-order valence-corrected chi connectivity index (χ1v) is 12.2. The standard InChI is InChI=1S/C25H23Cl2F2N5O2/c1-32-8-10-33(11-9-32)25-30-21-6-7-34(24(35)15-2-4-18(26)19(27)12-15)14-17(21)23(31-25)36-22-5-3-16(28)13-20(22)29/h2-5,12-13H,6-11,14H2,1H3. The van der Waals surface area contributed by atoms with E-state index in [1.165, 1.54) is 12.1 Å². The molecule has 1 aromatic heterocycles. The second kappa shape index (κ2) is 10.2. The molecule has 2 aliphatic rings. The molecule has 0 bridgehead atoms. The zero-order valence-electron chi connectivity index (χ0n) is 19.5. The number of ether oxygens (including phenoxy) is 1. The van der Waals surface area contributed by atoms with Crippen molar-refractivity contribution in [3.63, 3.8) is 0 Å². The van der Waals surface area contributed by atoms with Gasteiger partial charge in [-0.3, -0.25) is 4.79 Å². The van der Waals surface area contributed by atoms with E-state index in [0.29, 0.717) is 35.1 Å². The summed E-state index contributed by atoms with van der Waals surface area (Å²) >= 11 is 12.1. The molecule has 2 aliphatic heterocycles. The Hall–Kier alpha value is -3.01. The average Bonchev–Trinajstić information content (AvgIpc) is 2.87. The van der Waals surface area contributed by atoms with E-state index in [4.69, 9.17) is 32.9 Å². The molecule has 188 valence electrons. The Labute approximate surface area is 217 Å². The second-order valence-corrected chi connectivity index (χ2v) is 9.64. The molecule has 0 saturated carbocycles. The predicted molar refractivity (Wildman–Crippen MR) is 133 cm³/mol. The van der Waals surface area contributed by atoms with Crippen LogP contribution < -0.4 is 9.64 Å². The van der Waals surface area contributed by atoms with Crippen molar-refractivity contribution in [2.45, 2.75) is 13.0 Å². The highest BCUT2D eigenvalue weighted by Gasteiger charge is 2.29. The summed E-state index contributed by atoms with van der Waals surface area (Å²) in [7, 11) is 2.05. The van der Waals surface area contributed by atoms with Crippen LogP contribution >= 0.6 is 23.2 Å². The van der Waals surface area contributed by atoms with Crippen LogP contribution in [0.3, 0.4) is 0 Å². The summed E-state index contributed by atoms with van der Waals surface area (Å²) in [5, 5.41) is 0.648. The second-order valence-electron chi connectivity index (χ2n) is 8.83. The summed E-state index contributed by atoms with van der Waals surface area (Å²) in [6.45, 7) is 3.78. The van der Waals surface area contributed by atoms with Crippen molar-refractivity contribution in [1.82, 2.24) is 19.8 Å². The van der Waals surface area contributed by atoms with E-state index in [9.17, 15) is 13.6 Å². The molecule has 36 heavy (non-hydrogen) atoms. The summed E-state index contributed by atoms with van der Waals surface area (Å²) in [5.41, 5.74) is 1.71. The molecule has 3 aromatic rings. The van der Waals surface area contributed by atoms with Gasteiger partial charge >= 0.3 is 0 Å². The highest BCUT2D eigenvalue weighted by Crippen LogP contribution is 2.33. The molecule has 0 aliphatic carbocycles. The number of hydrogen-bond acceptors (Lipinski definition) is 6. The minimum absolute atomic E-state index is 0.145. The maximum atomic E-state index is 14.5. The maximum Gasteiger partial charge on any atom is 0.254 e. The molecule has 5 rings (SSSR count). The van der Waals surface area contributed by atoms with Gasteiger partial charge in [-0.25, -0.2) is 13.8 Å². The van der Waals surface area contributed by atoms with Crippen molar-refractivity contribution in [1.29, 1.82) is 0 Å². The zero-order chi connectivity index (χ0) is 25.4. The molecular formula is C25H23Cl2F2N5O2. The van der Waals surface area contributed by atoms with Crippen LogP contribution in [-0.2, 0) is 13.0 Å². The number of fused-ring (bicyclic) bond motifs is 1. The molecule has 0 spiro atoms. The van der Waals surface area contributed by atoms with E-state index in [1.807, 2.05) is 0 Å². The minimum atomic E-state index is -0.844. The fourth-order valence-corrected chi connectivity index (χ4v) is 4.55. The lowest BCUT2D eigenvalue weighted by Crippen LogP contribution is -2.45. The smallest absolute Gasteiger partial charge is 0.254 e. The number of benzene rings is 2.